The SMILES string of the molecule is C=C/C(NC)=C(/C)N(C)/C(C)=C\C(=C)c1ccccc1O. The van der Waals surface area contributed by atoms with Crippen molar-refractivity contribution in [1.29, 1.82) is 0 Å². The molecule has 0 aliphatic carbocycles. The summed E-state index contributed by atoms with van der Waals surface area (Å²) in [6.07, 6.45) is 3.74. The quantitative estimate of drug-likeness (QED) is 0.778. The first kappa shape index (κ1) is 16.6. The van der Waals surface area contributed by atoms with Gasteiger partial charge in [0.25, 0.3) is 0 Å². The standard InChI is InChI=1S/C18H24N2O/c1-7-17(19-5)15(4)20(6)14(3)12-13(2)16-10-8-9-11-18(16)21/h7-12,19,21H,1-2H2,3-6H3/b14-12-,17-15+. The maximum absolute atomic E-state index is 9.87. The first-order valence-corrected chi connectivity index (χ1v) is 6.82. The van der Waals surface area contributed by atoms with Crippen LogP contribution in [-0.4, -0.2) is 24.1 Å². The van der Waals surface area contributed by atoms with Crippen molar-refractivity contribution < 1.29 is 5.11 Å². The van der Waals surface area contributed by atoms with Crippen LogP contribution >= 0.6 is 0 Å². The third-order valence-corrected chi connectivity index (χ3v) is 3.53. The van der Waals surface area contributed by atoms with Crippen LogP contribution in [0.15, 0.2) is 66.7 Å². The largest absolute Gasteiger partial charge is 0.507 e. The van der Waals surface area contributed by atoms with Gasteiger partial charge in [0.15, 0.2) is 0 Å². The smallest absolute Gasteiger partial charge is 0.123 e. The van der Waals surface area contributed by atoms with E-state index in [1.165, 1.54) is 0 Å². The van der Waals surface area contributed by atoms with Crippen LogP contribution in [0, 0.1) is 0 Å². The number of allylic oxidation sites excluding steroid dienone is 5. The lowest BCUT2D eigenvalue weighted by Gasteiger charge is -2.23. The van der Waals surface area contributed by atoms with Gasteiger partial charge in [-0.3, -0.25) is 0 Å². The van der Waals surface area contributed by atoms with Crippen molar-refractivity contribution in [1.82, 2.24) is 10.2 Å². The van der Waals surface area contributed by atoms with Crippen LogP contribution < -0.4 is 5.32 Å². The molecule has 3 nitrogen and oxygen atoms in total. The van der Waals surface area contributed by atoms with E-state index in [0.717, 1.165) is 28.2 Å². The van der Waals surface area contributed by atoms with E-state index >= 15 is 0 Å². The first-order valence-electron chi connectivity index (χ1n) is 6.82. The van der Waals surface area contributed by atoms with Crippen molar-refractivity contribution in [2.45, 2.75) is 13.8 Å². The van der Waals surface area contributed by atoms with Crippen LogP contribution in [0.3, 0.4) is 0 Å². The predicted molar refractivity (Wildman–Crippen MR) is 90.6 cm³/mol. The van der Waals surface area contributed by atoms with E-state index in [1.807, 2.05) is 46.2 Å². The molecule has 21 heavy (non-hydrogen) atoms. The highest BCUT2D eigenvalue weighted by atomic mass is 16.3. The van der Waals surface area contributed by atoms with Gasteiger partial charge in [-0.15, -0.1) is 0 Å². The summed E-state index contributed by atoms with van der Waals surface area (Å²) in [6, 6.07) is 7.20. The Morgan fingerprint density at radius 1 is 1.29 bits per heavy atom. The second-order valence-electron chi connectivity index (χ2n) is 4.84. The number of nitrogens with one attached hydrogen (secondary N) is 1. The third-order valence-electron chi connectivity index (χ3n) is 3.53. The number of phenols is 1. The lowest BCUT2D eigenvalue weighted by atomic mass is 10.1. The predicted octanol–water partition coefficient (Wildman–Crippen LogP) is 3.88. The molecule has 0 aliphatic rings. The summed E-state index contributed by atoms with van der Waals surface area (Å²) in [7, 11) is 3.86. The van der Waals surface area contributed by atoms with Gasteiger partial charge in [0, 0.05) is 31.1 Å². The minimum Gasteiger partial charge on any atom is -0.507 e. The number of nitrogens with zero attached hydrogens (tertiary/aromatic N) is 1. The molecule has 1 aromatic rings. The number of aromatic hydroxyl groups is 1. The minimum atomic E-state index is 0.239. The van der Waals surface area contributed by atoms with Crippen LogP contribution in [-0.2, 0) is 0 Å². The van der Waals surface area contributed by atoms with Crippen LogP contribution in [0.2, 0.25) is 0 Å². The normalized spacial score (nSPS) is 12.5. The molecular formula is C18H24N2O. The second kappa shape index (κ2) is 7.39. The monoisotopic (exact) mass is 284 g/mol. The zero-order valence-electron chi connectivity index (χ0n) is 13.3. The van der Waals surface area contributed by atoms with E-state index in [1.54, 1.807) is 18.2 Å². The van der Waals surface area contributed by atoms with Crippen molar-refractivity contribution in [3.8, 4) is 5.75 Å². The topological polar surface area (TPSA) is 35.5 Å². The van der Waals surface area contributed by atoms with Gasteiger partial charge in [0.2, 0.25) is 0 Å². The average molecular weight is 284 g/mol. The molecule has 0 aliphatic heterocycles. The Morgan fingerprint density at radius 2 is 1.90 bits per heavy atom. The van der Waals surface area contributed by atoms with Crippen molar-refractivity contribution >= 4 is 5.57 Å². The van der Waals surface area contributed by atoms with Gasteiger partial charge in [0.05, 0.1) is 5.70 Å². The summed E-state index contributed by atoms with van der Waals surface area (Å²) in [5, 5.41) is 13.0. The highest BCUT2D eigenvalue weighted by Gasteiger charge is 2.08. The Morgan fingerprint density at radius 3 is 2.43 bits per heavy atom. The maximum atomic E-state index is 9.87. The lowest BCUT2D eigenvalue weighted by Crippen LogP contribution is -2.19. The lowest BCUT2D eigenvalue weighted by molar-refractivity contribution is 0.473. The fourth-order valence-corrected chi connectivity index (χ4v) is 2.05. The molecule has 0 unspecified atom stereocenters. The average Bonchev–Trinajstić information content (AvgIpc) is 2.47. The number of likely N-dealkylation sites (N-methyl/N-ethyl adjacent to an activating group) is 1. The first-order chi connectivity index (χ1) is 9.92. The maximum Gasteiger partial charge on any atom is 0.123 e. The van der Waals surface area contributed by atoms with Gasteiger partial charge >= 0.3 is 0 Å². The van der Waals surface area contributed by atoms with Gasteiger partial charge in [-0.2, -0.15) is 0 Å². The molecule has 0 saturated heterocycles. The molecule has 0 fully saturated rings. The van der Waals surface area contributed by atoms with Crippen molar-refractivity contribution in [3.63, 3.8) is 0 Å². The summed E-state index contributed by atoms with van der Waals surface area (Å²) in [5.41, 5.74) is 4.57. The van der Waals surface area contributed by atoms with Crippen LogP contribution in [0.1, 0.15) is 19.4 Å². The highest BCUT2D eigenvalue weighted by molar-refractivity contribution is 5.76. The van der Waals surface area contributed by atoms with Gasteiger partial charge in [-0.05, 0) is 37.6 Å². The van der Waals surface area contributed by atoms with Crippen molar-refractivity contribution in [2.75, 3.05) is 14.1 Å². The van der Waals surface area contributed by atoms with Gasteiger partial charge in [-0.1, -0.05) is 31.4 Å². The van der Waals surface area contributed by atoms with Crippen LogP contribution in [0.4, 0.5) is 0 Å². The van der Waals surface area contributed by atoms with E-state index in [9.17, 15) is 5.11 Å². The van der Waals surface area contributed by atoms with E-state index < -0.39 is 0 Å². The van der Waals surface area contributed by atoms with Crippen molar-refractivity contribution in [2.24, 2.45) is 0 Å². The fraction of sp³-hybridized carbons (Fsp3) is 0.222. The van der Waals surface area contributed by atoms with E-state index in [0.29, 0.717) is 0 Å². The number of hydrogen-bond acceptors (Lipinski definition) is 3. The Kier molecular flexibility index (Phi) is 5.85. The molecule has 1 aromatic carbocycles. The molecule has 0 amide bonds. The highest BCUT2D eigenvalue weighted by Crippen LogP contribution is 2.26. The molecule has 0 spiro atoms. The van der Waals surface area contributed by atoms with E-state index in [4.69, 9.17) is 0 Å². The molecule has 0 aromatic heterocycles. The Balaban J connectivity index is 3.05. The number of para-hydroxylation sites is 1. The number of hydrogen-bond donors (Lipinski definition) is 2. The fourth-order valence-electron chi connectivity index (χ4n) is 2.05. The molecule has 0 radical (unpaired) electrons. The molecule has 1 rings (SSSR count). The Hall–Kier alpha value is -2.42. The second-order valence-corrected chi connectivity index (χ2v) is 4.84. The Bertz CT molecular complexity index is 597. The molecule has 0 bridgehead atoms. The summed E-state index contributed by atoms with van der Waals surface area (Å²) in [5.74, 6) is 0.239. The molecule has 3 heteroatoms. The summed E-state index contributed by atoms with van der Waals surface area (Å²) in [6.45, 7) is 11.9. The van der Waals surface area contributed by atoms with Crippen molar-refractivity contribution in [3.05, 3.63) is 72.2 Å². The third kappa shape index (κ3) is 4.02. The van der Waals surface area contributed by atoms with Crippen LogP contribution in [0.25, 0.3) is 5.57 Å². The number of rotatable bonds is 6. The number of phenolic OH excluding ortho intramolecular Hbond substituents is 1. The molecule has 0 saturated carbocycles. The molecule has 0 heterocycles. The Labute approximate surface area is 127 Å². The summed E-state index contributed by atoms with van der Waals surface area (Å²) >= 11 is 0. The van der Waals surface area contributed by atoms with Gasteiger partial charge in [0.1, 0.15) is 5.75 Å². The molecule has 112 valence electrons. The zero-order valence-corrected chi connectivity index (χ0v) is 13.3. The summed E-state index contributed by atoms with van der Waals surface area (Å²) in [4.78, 5) is 2.05. The number of benzene rings is 1. The van der Waals surface area contributed by atoms with Gasteiger partial charge in [-0.25, -0.2) is 0 Å². The molecular weight excluding hydrogens is 260 g/mol. The van der Waals surface area contributed by atoms with E-state index in [2.05, 4.69) is 23.4 Å². The van der Waals surface area contributed by atoms with Gasteiger partial charge < -0.3 is 15.3 Å². The molecule has 2 N–H and O–H groups in total. The summed E-state index contributed by atoms with van der Waals surface area (Å²) < 4.78 is 0. The zero-order chi connectivity index (χ0) is 16.0. The molecule has 0 atom stereocenters. The van der Waals surface area contributed by atoms with E-state index in [-0.39, 0.29) is 5.75 Å². The minimum absolute atomic E-state index is 0.239. The van der Waals surface area contributed by atoms with Crippen LogP contribution in [0.5, 0.6) is 5.75 Å².